The molecule has 8 heteroatoms. The molecule has 0 fully saturated rings. The largest absolute Gasteiger partial charge is 0.481 e. The van der Waals surface area contributed by atoms with Gasteiger partial charge >= 0.3 is 0 Å². The molecule has 0 saturated carbocycles. The molecule has 0 aliphatic heterocycles. The van der Waals surface area contributed by atoms with Crippen LogP contribution in [0.2, 0.25) is 0 Å². The maximum absolute atomic E-state index is 10.5. The summed E-state index contributed by atoms with van der Waals surface area (Å²) in [5.41, 5.74) is 0.984. The second-order valence-corrected chi connectivity index (χ2v) is 7.10. The lowest BCUT2D eigenvalue weighted by Gasteiger charge is -2.14. The number of aliphatic hydroxyl groups is 1. The molecule has 0 spiro atoms. The zero-order chi connectivity index (χ0) is 19.1. The number of nitrogens with one attached hydrogen (secondary N) is 2. The molecule has 0 radical (unpaired) electrons. The van der Waals surface area contributed by atoms with Gasteiger partial charge in [-0.3, -0.25) is 0 Å². The first kappa shape index (κ1) is 22.4. The van der Waals surface area contributed by atoms with Gasteiger partial charge in [0, 0.05) is 34.9 Å². The van der Waals surface area contributed by atoms with E-state index < -0.39 is 6.10 Å². The standard InChI is InChI=1S/C20H24N4O2S.HI/c1-3-21-20(23-12-14-8-9-19(26-2)22-11-14)24-13-16(25)18-10-15-6-4-5-7-17(15)27-18;/h4-11,16,25H,3,12-13H2,1-2H3,(H2,21,23,24);1H. The molecule has 1 atom stereocenters. The normalized spacial score (nSPS) is 12.3. The van der Waals surface area contributed by atoms with Gasteiger partial charge in [0.05, 0.1) is 13.7 Å². The third kappa shape index (κ3) is 6.05. The van der Waals surface area contributed by atoms with Crippen LogP contribution < -0.4 is 15.4 Å². The van der Waals surface area contributed by atoms with E-state index in [0.717, 1.165) is 22.4 Å². The molecule has 0 bridgehead atoms. The summed E-state index contributed by atoms with van der Waals surface area (Å²) in [6.07, 6.45) is 1.16. The van der Waals surface area contributed by atoms with Crippen LogP contribution in [0.1, 0.15) is 23.5 Å². The van der Waals surface area contributed by atoms with Gasteiger partial charge in [0.15, 0.2) is 5.96 Å². The Morgan fingerprint density at radius 1 is 1.25 bits per heavy atom. The van der Waals surface area contributed by atoms with Crippen LogP contribution in [0.3, 0.4) is 0 Å². The van der Waals surface area contributed by atoms with Crippen molar-refractivity contribution < 1.29 is 9.84 Å². The third-order valence-electron chi connectivity index (χ3n) is 4.01. The average molecular weight is 512 g/mol. The summed E-state index contributed by atoms with van der Waals surface area (Å²) in [5.74, 6) is 1.24. The van der Waals surface area contributed by atoms with Crippen molar-refractivity contribution in [3.63, 3.8) is 0 Å². The van der Waals surface area contributed by atoms with Crippen molar-refractivity contribution >= 4 is 51.4 Å². The van der Waals surface area contributed by atoms with Gasteiger partial charge < -0.3 is 20.5 Å². The highest BCUT2D eigenvalue weighted by atomic mass is 127. The van der Waals surface area contributed by atoms with Crippen molar-refractivity contribution in [2.24, 2.45) is 4.99 Å². The summed E-state index contributed by atoms with van der Waals surface area (Å²) in [5, 5.41) is 18.1. The molecular weight excluding hydrogens is 487 g/mol. The average Bonchev–Trinajstić information content (AvgIpc) is 3.14. The molecule has 28 heavy (non-hydrogen) atoms. The lowest BCUT2D eigenvalue weighted by Crippen LogP contribution is -2.39. The number of methoxy groups -OCH3 is 1. The van der Waals surface area contributed by atoms with Crippen molar-refractivity contribution in [1.29, 1.82) is 0 Å². The van der Waals surface area contributed by atoms with Crippen molar-refractivity contribution in [3.05, 3.63) is 59.1 Å². The van der Waals surface area contributed by atoms with Crippen molar-refractivity contribution in [2.45, 2.75) is 19.6 Å². The quantitative estimate of drug-likeness (QED) is 0.256. The number of hydrogen-bond donors (Lipinski definition) is 3. The number of aromatic nitrogens is 1. The maximum atomic E-state index is 10.5. The van der Waals surface area contributed by atoms with E-state index in [1.165, 1.54) is 4.70 Å². The molecule has 1 aromatic carbocycles. The van der Waals surface area contributed by atoms with Crippen LogP contribution in [0.4, 0.5) is 0 Å². The number of nitrogens with zero attached hydrogens (tertiary/aromatic N) is 2. The Kier molecular flexibility index (Phi) is 8.94. The summed E-state index contributed by atoms with van der Waals surface area (Å²) in [6, 6.07) is 13.9. The Morgan fingerprint density at radius 2 is 2.07 bits per heavy atom. The van der Waals surface area contributed by atoms with Gasteiger partial charge in [0.2, 0.25) is 5.88 Å². The summed E-state index contributed by atoms with van der Waals surface area (Å²) in [6.45, 7) is 3.63. The van der Waals surface area contributed by atoms with Crippen LogP contribution in [0.25, 0.3) is 10.1 Å². The van der Waals surface area contributed by atoms with E-state index in [-0.39, 0.29) is 24.0 Å². The number of hydrogen-bond acceptors (Lipinski definition) is 5. The summed E-state index contributed by atoms with van der Waals surface area (Å²) in [4.78, 5) is 9.68. The molecule has 2 heterocycles. The number of fused-ring (bicyclic) bond motifs is 1. The number of benzene rings is 1. The molecule has 2 aromatic heterocycles. The lowest BCUT2D eigenvalue weighted by atomic mass is 10.2. The van der Waals surface area contributed by atoms with Gasteiger partial charge in [-0.1, -0.05) is 24.3 Å². The predicted octanol–water partition coefficient (Wildman–Crippen LogP) is 3.71. The summed E-state index contributed by atoms with van der Waals surface area (Å²) in [7, 11) is 1.59. The van der Waals surface area contributed by atoms with E-state index >= 15 is 0 Å². The molecule has 6 nitrogen and oxygen atoms in total. The Morgan fingerprint density at radius 3 is 2.75 bits per heavy atom. The minimum Gasteiger partial charge on any atom is -0.481 e. The van der Waals surface area contributed by atoms with Crippen molar-refractivity contribution in [1.82, 2.24) is 15.6 Å². The summed E-state index contributed by atoms with van der Waals surface area (Å²) < 4.78 is 6.24. The molecule has 0 aliphatic carbocycles. The zero-order valence-electron chi connectivity index (χ0n) is 15.9. The molecule has 0 amide bonds. The fourth-order valence-corrected chi connectivity index (χ4v) is 3.65. The first-order valence-electron chi connectivity index (χ1n) is 8.87. The predicted molar refractivity (Wildman–Crippen MR) is 126 cm³/mol. The molecule has 0 saturated heterocycles. The topological polar surface area (TPSA) is 78.8 Å². The Hall–Kier alpha value is -1.91. The number of aliphatic imine (C=N–C) groups is 1. The smallest absolute Gasteiger partial charge is 0.212 e. The van der Waals surface area contributed by atoms with Crippen molar-refractivity contribution in [2.75, 3.05) is 20.2 Å². The van der Waals surface area contributed by atoms with Gasteiger partial charge in [-0.2, -0.15) is 0 Å². The van der Waals surface area contributed by atoms with E-state index in [9.17, 15) is 5.11 Å². The van der Waals surface area contributed by atoms with Crippen LogP contribution in [0, 0.1) is 0 Å². The minimum absolute atomic E-state index is 0. The lowest BCUT2D eigenvalue weighted by molar-refractivity contribution is 0.184. The Labute approximate surface area is 186 Å². The van der Waals surface area contributed by atoms with Crippen LogP contribution in [0.5, 0.6) is 5.88 Å². The molecule has 150 valence electrons. The van der Waals surface area contributed by atoms with Crippen LogP contribution >= 0.6 is 35.3 Å². The van der Waals surface area contributed by atoms with Gasteiger partial charge in [-0.25, -0.2) is 9.98 Å². The highest BCUT2D eigenvalue weighted by molar-refractivity contribution is 14.0. The number of halogens is 1. The van der Waals surface area contributed by atoms with E-state index in [1.54, 1.807) is 24.6 Å². The minimum atomic E-state index is -0.589. The Balaban J connectivity index is 0.00000280. The van der Waals surface area contributed by atoms with E-state index in [1.807, 2.05) is 37.3 Å². The van der Waals surface area contributed by atoms with E-state index in [4.69, 9.17) is 4.74 Å². The third-order valence-corrected chi connectivity index (χ3v) is 5.22. The van der Waals surface area contributed by atoms with Crippen LogP contribution in [0.15, 0.2) is 53.7 Å². The number of thiophene rings is 1. The Bertz CT molecular complexity index is 866. The number of ether oxygens (including phenoxy) is 1. The monoisotopic (exact) mass is 512 g/mol. The zero-order valence-corrected chi connectivity index (χ0v) is 19.0. The van der Waals surface area contributed by atoms with Gasteiger partial charge in [0.1, 0.15) is 6.10 Å². The molecular formula is C20H25IN4O2S. The highest BCUT2D eigenvalue weighted by Crippen LogP contribution is 2.29. The van der Waals surface area contributed by atoms with Gasteiger partial charge in [-0.15, -0.1) is 35.3 Å². The molecule has 3 N–H and O–H groups in total. The molecule has 0 aliphatic rings. The molecule has 3 aromatic rings. The molecule has 3 rings (SSSR count). The SMILES string of the molecule is CCNC(=NCc1ccc(OC)nc1)NCC(O)c1cc2ccccc2s1.I. The number of pyridine rings is 1. The number of guanidine groups is 1. The molecule has 1 unspecified atom stereocenters. The fraction of sp³-hybridized carbons (Fsp3) is 0.300. The highest BCUT2D eigenvalue weighted by Gasteiger charge is 2.12. The van der Waals surface area contributed by atoms with Gasteiger partial charge in [0.25, 0.3) is 0 Å². The van der Waals surface area contributed by atoms with Crippen LogP contribution in [-0.4, -0.2) is 36.2 Å². The number of aliphatic hydroxyl groups excluding tert-OH is 1. The summed E-state index contributed by atoms with van der Waals surface area (Å²) >= 11 is 1.61. The number of rotatable bonds is 7. The second-order valence-electron chi connectivity index (χ2n) is 5.99. The maximum Gasteiger partial charge on any atom is 0.212 e. The fourth-order valence-electron chi connectivity index (χ4n) is 2.60. The second kappa shape index (κ2) is 11.2. The first-order chi connectivity index (χ1) is 13.2. The van der Waals surface area contributed by atoms with Crippen LogP contribution in [-0.2, 0) is 6.54 Å². The first-order valence-corrected chi connectivity index (χ1v) is 9.69. The van der Waals surface area contributed by atoms with Crippen molar-refractivity contribution in [3.8, 4) is 5.88 Å². The van der Waals surface area contributed by atoms with Gasteiger partial charge in [-0.05, 0) is 30.0 Å². The van der Waals surface area contributed by atoms with E-state index in [2.05, 4.69) is 32.7 Å². The van der Waals surface area contributed by atoms with E-state index in [0.29, 0.717) is 24.9 Å².